The van der Waals surface area contributed by atoms with E-state index in [9.17, 15) is 14.7 Å². The summed E-state index contributed by atoms with van der Waals surface area (Å²) in [7, 11) is 0. The third kappa shape index (κ3) is 11.3. The SMILES string of the molecule is CCCCCc1ccc(OC(=O)/C=C/c2ccc(OCCCCCCCCc3c(N)cc(N)cc3C(=O)O)cc2)cc1. The van der Waals surface area contributed by atoms with Crippen LogP contribution in [0.3, 0.4) is 0 Å². The molecule has 224 valence electrons. The van der Waals surface area contributed by atoms with E-state index < -0.39 is 11.9 Å². The van der Waals surface area contributed by atoms with Crippen molar-refractivity contribution in [1.29, 1.82) is 0 Å². The number of carbonyl (C=O) groups excluding carboxylic acids is 1. The summed E-state index contributed by atoms with van der Waals surface area (Å²) in [5.74, 6) is -0.0623. The summed E-state index contributed by atoms with van der Waals surface area (Å²) < 4.78 is 11.3. The molecule has 42 heavy (non-hydrogen) atoms. The number of carboxylic acids is 1. The highest BCUT2D eigenvalue weighted by molar-refractivity contribution is 5.92. The van der Waals surface area contributed by atoms with Gasteiger partial charge in [0.25, 0.3) is 0 Å². The lowest BCUT2D eigenvalue weighted by Crippen LogP contribution is -2.07. The second kappa shape index (κ2) is 17.5. The second-order valence-corrected chi connectivity index (χ2v) is 10.6. The molecule has 0 fully saturated rings. The molecule has 3 rings (SSSR count). The van der Waals surface area contributed by atoms with Crippen LogP contribution < -0.4 is 20.9 Å². The van der Waals surface area contributed by atoms with Crippen LogP contribution in [-0.4, -0.2) is 23.7 Å². The number of rotatable bonds is 18. The number of carbonyl (C=O) groups is 2. The fraction of sp³-hybridized carbons (Fsp3) is 0.371. The fourth-order valence-corrected chi connectivity index (χ4v) is 4.78. The Hall–Kier alpha value is -4.26. The van der Waals surface area contributed by atoms with E-state index in [-0.39, 0.29) is 5.56 Å². The van der Waals surface area contributed by atoms with Gasteiger partial charge in [0, 0.05) is 17.5 Å². The average Bonchev–Trinajstić information content (AvgIpc) is 2.97. The van der Waals surface area contributed by atoms with Gasteiger partial charge in [0.15, 0.2) is 0 Å². The van der Waals surface area contributed by atoms with E-state index in [1.54, 1.807) is 12.1 Å². The first kappa shape index (κ1) is 32.3. The van der Waals surface area contributed by atoms with Crippen LogP contribution in [0.1, 0.15) is 91.8 Å². The number of benzene rings is 3. The highest BCUT2D eigenvalue weighted by Crippen LogP contribution is 2.24. The maximum absolute atomic E-state index is 12.2. The van der Waals surface area contributed by atoms with Crippen molar-refractivity contribution in [2.45, 2.75) is 77.6 Å². The minimum atomic E-state index is -0.995. The van der Waals surface area contributed by atoms with Gasteiger partial charge in [-0.25, -0.2) is 9.59 Å². The van der Waals surface area contributed by atoms with E-state index >= 15 is 0 Å². The van der Waals surface area contributed by atoms with Crippen molar-refractivity contribution in [3.63, 3.8) is 0 Å². The molecular formula is C35H44N2O5. The minimum absolute atomic E-state index is 0.200. The molecule has 0 aliphatic carbocycles. The van der Waals surface area contributed by atoms with E-state index in [4.69, 9.17) is 20.9 Å². The minimum Gasteiger partial charge on any atom is -0.494 e. The Balaban J connectivity index is 1.27. The third-order valence-electron chi connectivity index (χ3n) is 7.13. The van der Waals surface area contributed by atoms with Crippen molar-refractivity contribution in [2.75, 3.05) is 18.1 Å². The zero-order chi connectivity index (χ0) is 30.2. The van der Waals surface area contributed by atoms with Crippen molar-refractivity contribution in [1.82, 2.24) is 0 Å². The number of nitrogen functional groups attached to an aromatic ring is 2. The van der Waals surface area contributed by atoms with Crippen molar-refractivity contribution in [3.8, 4) is 11.5 Å². The van der Waals surface area contributed by atoms with Crippen LogP contribution in [-0.2, 0) is 17.6 Å². The molecule has 0 heterocycles. The Bertz CT molecular complexity index is 1300. The maximum Gasteiger partial charge on any atom is 0.336 e. The van der Waals surface area contributed by atoms with E-state index in [2.05, 4.69) is 6.92 Å². The number of hydrogen-bond donors (Lipinski definition) is 3. The summed E-state index contributed by atoms with van der Waals surface area (Å²) in [4.78, 5) is 23.7. The lowest BCUT2D eigenvalue weighted by Gasteiger charge is -2.11. The Morgan fingerprint density at radius 1 is 0.786 bits per heavy atom. The molecule has 3 aromatic rings. The molecule has 0 amide bonds. The molecule has 3 aromatic carbocycles. The summed E-state index contributed by atoms with van der Waals surface area (Å²) in [6.45, 7) is 2.83. The number of unbranched alkanes of at least 4 members (excludes halogenated alkanes) is 7. The molecule has 7 nitrogen and oxygen atoms in total. The first-order valence-corrected chi connectivity index (χ1v) is 15.0. The molecule has 0 saturated heterocycles. The number of aryl methyl sites for hydroxylation is 1. The van der Waals surface area contributed by atoms with Gasteiger partial charge in [0.05, 0.1) is 12.2 Å². The number of nitrogens with two attached hydrogens (primary N) is 2. The highest BCUT2D eigenvalue weighted by atomic mass is 16.5. The van der Waals surface area contributed by atoms with Crippen molar-refractivity contribution < 1.29 is 24.2 Å². The summed E-state index contributed by atoms with van der Waals surface area (Å²) in [6, 6.07) is 18.4. The molecule has 0 saturated carbocycles. The molecule has 0 aromatic heterocycles. The van der Waals surface area contributed by atoms with Crippen molar-refractivity contribution in [2.24, 2.45) is 0 Å². The predicted octanol–water partition coefficient (Wildman–Crippen LogP) is 7.86. The van der Waals surface area contributed by atoms with E-state index in [0.29, 0.717) is 35.7 Å². The van der Waals surface area contributed by atoms with Crippen molar-refractivity contribution in [3.05, 3.63) is 89.0 Å². The molecule has 0 aliphatic rings. The van der Waals surface area contributed by atoms with E-state index in [1.165, 1.54) is 37.0 Å². The quantitative estimate of drug-likeness (QED) is 0.0466. The highest BCUT2D eigenvalue weighted by Gasteiger charge is 2.14. The predicted molar refractivity (Wildman–Crippen MR) is 170 cm³/mol. The number of esters is 1. The molecular weight excluding hydrogens is 528 g/mol. The lowest BCUT2D eigenvalue weighted by molar-refractivity contribution is -0.128. The van der Waals surface area contributed by atoms with Crippen LogP contribution in [0.25, 0.3) is 6.08 Å². The van der Waals surface area contributed by atoms with Crippen LogP contribution >= 0.6 is 0 Å². The van der Waals surface area contributed by atoms with Gasteiger partial charge in [-0.3, -0.25) is 0 Å². The van der Waals surface area contributed by atoms with E-state index in [1.807, 2.05) is 48.5 Å². The molecule has 0 aliphatic heterocycles. The first-order valence-electron chi connectivity index (χ1n) is 15.0. The summed E-state index contributed by atoms with van der Waals surface area (Å²) in [5.41, 5.74) is 15.6. The first-order chi connectivity index (χ1) is 20.4. The number of hydrogen-bond acceptors (Lipinski definition) is 6. The van der Waals surface area contributed by atoms with Gasteiger partial charge in [0.1, 0.15) is 11.5 Å². The van der Waals surface area contributed by atoms with Gasteiger partial charge >= 0.3 is 11.9 Å². The van der Waals surface area contributed by atoms with Crippen LogP contribution in [0.2, 0.25) is 0 Å². The maximum atomic E-state index is 12.2. The molecule has 0 bridgehead atoms. The van der Waals surface area contributed by atoms with Gasteiger partial charge in [-0.1, -0.05) is 69.7 Å². The van der Waals surface area contributed by atoms with E-state index in [0.717, 1.165) is 56.3 Å². The Kier molecular flexibility index (Phi) is 13.5. The van der Waals surface area contributed by atoms with Gasteiger partial charge in [-0.15, -0.1) is 0 Å². The van der Waals surface area contributed by atoms with Crippen LogP contribution in [0.15, 0.2) is 66.7 Å². The Labute approximate surface area is 249 Å². The summed E-state index contributed by atoms with van der Waals surface area (Å²) in [5, 5.41) is 9.41. The largest absolute Gasteiger partial charge is 0.494 e. The fourth-order valence-electron chi connectivity index (χ4n) is 4.78. The Morgan fingerprint density at radius 3 is 2.12 bits per heavy atom. The molecule has 0 radical (unpaired) electrons. The average molecular weight is 573 g/mol. The van der Waals surface area contributed by atoms with Crippen LogP contribution in [0.5, 0.6) is 11.5 Å². The number of ether oxygens (including phenoxy) is 2. The number of aromatic carboxylic acids is 1. The summed E-state index contributed by atoms with van der Waals surface area (Å²) >= 11 is 0. The van der Waals surface area contributed by atoms with Gasteiger partial charge in [-0.05, 0) is 91.3 Å². The lowest BCUT2D eigenvalue weighted by atomic mass is 9.98. The Morgan fingerprint density at radius 2 is 1.43 bits per heavy atom. The van der Waals surface area contributed by atoms with Gasteiger partial charge < -0.3 is 26.0 Å². The normalized spacial score (nSPS) is 11.1. The summed E-state index contributed by atoms with van der Waals surface area (Å²) in [6.07, 6.45) is 14.5. The molecule has 0 spiro atoms. The zero-order valence-electron chi connectivity index (χ0n) is 24.6. The van der Waals surface area contributed by atoms with Crippen LogP contribution in [0, 0.1) is 0 Å². The molecule has 0 atom stereocenters. The van der Waals surface area contributed by atoms with Gasteiger partial charge in [-0.2, -0.15) is 0 Å². The number of carboxylic acid groups (broad SMARTS) is 1. The zero-order valence-corrected chi connectivity index (χ0v) is 24.6. The topological polar surface area (TPSA) is 125 Å². The smallest absolute Gasteiger partial charge is 0.336 e. The molecule has 7 heteroatoms. The van der Waals surface area contributed by atoms with Gasteiger partial charge in [0.2, 0.25) is 0 Å². The number of anilines is 2. The second-order valence-electron chi connectivity index (χ2n) is 10.6. The van der Waals surface area contributed by atoms with Crippen LogP contribution in [0.4, 0.5) is 11.4 Å². The van der Waals surface area contributed by atoms with Crippen molar-refractivity contribution >= 4 is 29.4 Å². The standard InChI is InChI=1S/C35H44N2O5/c1-2-3-8-11-26-15-20-30(21-16-26)42-34(38)22-17-27-13-18-29(19-14-27)41-23-10-7-5-4-6-9-12-31-32(35(39)40)24-28(36)25-33(31)37/h13-22,24-25H,2-12,23,36-37H2,1H3,(H,39,40)/b22-17+. The molecule has 5 N–H and O–H groups in total. The third-order valence-corrected chi connectivity index (χ3v) is 7.13. The molecule has 0 unspecified atom stereocenters. The monoisotopic (exact) mass is 572 g/mol.